The number of allylic oxidation sites excluding steroid dienone is 1. The number of piperazine rings is 1. The number of methoxy groups -OCH3 is 1. The van der Waals surface area contributed by atoms with Gasteiger partial charge in [0.05, 0.1) is 30.6 Å². The van der Waals surface area contributed by atoms with Gasteiger partial charge in [0.1, 0.15) is 5.75 Å². The third-order valence-electron chi connectivity index (χ3n) is 6.12. The maximum atomic E-state index is 9.17. The zero-order valence-corrected chi connectivity index (χ0v) is 21.0. The van der Waals surface area contributed by atoms with Gasteiger partial charge in [-0.1, -0.05) is 48.0 Å². The summed E-state index contributed by atoms with van der Waals surface area (Å²) >= 11 is 6.50. The maximum absolute atomic E-state index is 9.17. The Morgan fingerprint density at radius 2 is 1.86 bits per heavy atom. The van der Waals surface area contributed by atoms with E-state index in [2.05, 4.69) is 32.2 Å². The highest BCUT2D eigenvalue weighted by atomic mass is 35.5. The zero-order chi connectivity index (χ0) is 24.6. The van der Waals surface area contributed by atoms with Crippen LogP contribution in [0.25, 0.3) is 5.57 Å². The number of hydrogen-bond donors (Lipinski definition) is 2. The van der Waals surface area contributed by atoms with Crippen molar-refractivity contribution in [3.8, 4) is 5.75 Å². The van der Waals surface area contributed by atoms with E-state index in [4.69, 9.17) is 26.4 Å². The largest absolute Gasteiger partial charge is 0.497 e. The molecule has 184 valence electrons. The van der Waals surface area contributed by atoms with Gasteiger partial charge >= 0.3 is 0 Å². The number of nitrogens with one attached hydrogen (secondary N) is 1. The third-order valence-corrected chi connectivity index (χ3v) is 6.39. The van der Waals surface area contributed by atoms with Gasteiger partial charge in [0.15, 0.2) is 0 Å². The predicted octanol–water partition coefficient (Wildman–Crippen LogP) is 4.44. The van der Waals surface area contributed by atoms with Gasteiger partial charge in [-0.3, -0.25) is 9.80 Å². The predicted molar refractivity (Wildman–Crippen MR) is 141 cm³/mol. The second-order valence-electron chi connectivity index (χ2n) is 8.49. The van der Waals surface area contributed by atoms with E-state index in [9.17, 15) is 0 Å². The number of benzene rings is 2. The molecule has 1 aliphatic heterocycles. The summed E-state index contributed by atoms with van der Waals surface area (Å²) in [6.07, 6.45) is 3.64. The van der Waals surface area contributed by atoms with Gasteiger partial charge in [-0.15, -0.1) is 0 Å². The Kier molecular flexibility index (Phi) is 8.71. The quantitative estimate of drug-likeness (QED) is 0.456. The molecule has 2 aromatic carbocycles. The van der Waals surface area contributed by atoms with Crippen LogP contribution in [0.2, 0.25) is 5.02 Å². The molecule has 1 fully saturated rings. The van der Waals surface area contributed by atoms with E-state index in [-0.39, 0.29) is 6.61 Å². The SMILES string of the molecule is C/C=C(\c1ccccc1)c1nc(Nc2cc(CN3CCN(CCO)CC3)cc(OC)c2)ncc1Cl. The lowest BCUT2D eigenvalue weighted by atomic mass is 10.0. The Hall–Kier alpha value is -2.97. The van der Waals surface area contributed by atoms with E-state index in [0.29, 0.717) is 16.7 Å². The molecule has 0 aliphatic carbocycles. The molecule has 0 amide bonds. The highest BCUT2D eigenvalue weighted by Crippen LogP contribution is 2.30. The molecule has 3 aromatic rings. The summed E-state index contributed by atoms with van der Waals surface area (Å²) in [5, 5.41) is 13.0. The molecular weight excluding hydrogens is 462 g/mol. The Labute approximate surface area is 212 Å². The number of rotatable bonds is 9. The van der Waals surface area contributed by atoms with Gasteiger partial charge in [0.2, 0.25) is 5.95 Å². The van der Waals surface area contributed by atoms with Crippen LogP contribution >= 0.6 is 11.6 Å². The maximum Gasteiger partial charge on any atom is 0.227 e. The van der Waals surface area contributed by atoms with Crippen LogP contribution < -0.4 is 10.1 Å². The van der Waals surface area contributed by atoms with Crippen LogP contribution in [0.4, 0.5) is 11.6 Å². The topological polar surface area (TPSA) is 73.8 Å². The smallest absolute Gasteiger partial charge is 0.227 e. The van der Waals surface area contributed by atoms with Gasteiger partial charge < -0.3 is 15.2 Å². The molecule has 0 spiro atoms. The first-order valence-electron chi connectivity index (χ1n) is 11.8. The van der Waals surface area contributed by atoms with Gasteiger partial charge in [-0.25, -0.2) is 9.97 Å². The third kappa shape index (κ3) is 6.58. The lowest BCUT2D eigenvalue weighted by molar-refractivity contribution is 0.108. The summed E-state index contributed by atoms with van der Waals surface area (Å²) in [5.74, 6) is 1.24. The Bertz CT molecular complexity index is 1150. The van der Waals surface area contributed by atoms with Gasteiger partial charge in [0, 0.05) is 56.6 Å². The standard InChI is InChI=1S/C27H32ClN5O2/c1-3-24(21-7-5-4-6-8-21)26-25(28)18-29-27(31-26)30-22-15-20(16-23(17-22)35-2)19-33-11-9-32(10-12-33)13-14-34/h3-8,15-18,34H,9-14,19H2,1-2H3,(H,29,30,31)/b24-3+. The molecule has 0 unspecified atom stereocenters. The first kappa shape index (κ1) is 25.1. The van der Waals surface area contributed by atoms with Crippen molar-refractivity contribution in [3.05, 3.63) is 82.6 Å². The Balaban J connectivity index is 1.53. The molecule has 35 heavy (non-hydrogen) atoms. The lowest BCUT2D eigenvalue weighted by Crippen LogP contribution is -2.46. The molecule has 1 aliphatic rings. The van der Waals surface area contributed by atoms with Crippen molar-refractivity contribution in [2.45, 2.75) is 13.5 Å². The van der Waals surface area contributed by atoms with Crippen LogP contribution in [0.5, 0.6) is 5.75 Å². The number of aromatic nitrogens is 2. The molecule has 0 radical (unpaired) electrons. The Morgan fingerprint density at radius 1 is 1.11 bits per heavy atom. The van der Waals surface area contributed by atoms with Crippen LogP contribution in [0.1, 0.15) is 23.7 Å². The average Bonchev–Trinajstić information content (AvgIpc) is 2.88. The summed E-state index contributed by atoms with van der Waals surface area (Å²) in [4.78, 5) is 13.9. The minimum absolute atomic E-state index is 0.209. The van der Waals surface area contributed by atoms with Crippen molar-refractivity contribution in [1.82, 2.24) is 19.8 Å². The van der Waals surface area contributed by atoms with Crippen LogP contribution in [0.3, 0.4) is 0 Å². The van der Waals surface area contributed by atoms with Gasteiger partial charge in [-0.2, -0.15) is 0 Å². The molecule has 1 saturated heterocycles. The molecule has 0 saturated carbocycles. The Morgan fingerprint density at radius 3 is 2.54 bits per heavy atom. The lowest BCUT2D eigenvalue weighted by Gasteiger charge is -2.34. The number of nitrogens with zero attached hydrogens (tertiary/aromatic N) is 4. The fourth-order valence-electron chi connectivity index (χ4n) is 4.32. The number of ether oxygens (including phenoxy) is 1. The van der Waals surface area contributed by atoms with E-state index < -0.39 is 0 Å². The number of aliphatic hydroxyl groups is 1. The van der Waals surface area contributed by atoms with E-state index in [1.165, 1.54) is 0 Å². The van der Waals surface area contributed by atoms with E-state index >= 15 is 0 Å². The first-order chi connectivity index (χ1) is 17.1. The second-order valence-corrected chi connectivity index (χ2v) is 8.90. The van der Waals surface area contributed by atoms with Crippen molar-refractivity contribution in [2.75, 3.05) is 51.8 Å². The molecule has 4 rings (SSSR count). The highest BCUT2D eigenvalue weighted by molar-refractivity contribution is 6.32. The normalized spacial score (nSPS) is 15.3. The first-order valence-corrected chi connectivity index (χ1v) is 12.2. The number of aliphatic hydroxyl groups excluding tert-OH is 1. The number of β-amino-alcohol motifs (C(OH)–C–C–N with tert-alkyl or cyclic N) is 1. The van der Waals surface area contributed by atoms with E-state index in [1.54, 1.807) is 13.3 Å². The van der Waals surface area contributed by atoms with Crippen LogP contribution in [-0.2, 0) is 6.54 Å². The fourth-order valence-corrected chi connectivity index (χ4v) is 4.51. The van der Waals surface area contributed by atoms with Crippen molar-refractivity contribution < 1.29 is 9.84 Å². The minimum Gasteiger partial charge on any atom is -0.497 e. The number of halogens is 1. The fraction of sp³-hybridized carbons (Fsp3) is 0.333. The molecule has 1 aromatic heterocycles. The van der Waals surface area contributed by atoms with Crippen molar-refractivity contribution in [2.24, 2.45) is 0 Å². The zero-order valence-electron chi connectivity index (χ0n) is 20.2. The monoisotopic (exact) mass is 493 g/mol. The molecule has 8 heteroatoms. The summed E-state index contributed by atoms with van der Waals surface area (Å²) in [5.41, 5.74) is 4.68. The van der Waals surface area contributed by atoms with Crippen LogP contribution in [-0.4, -0.2) is 71.3 Å². The van der Waals surface area contributed by atoms with Gasteiger partial charge in [-0.05, 0) is 30.2 Å². The van der Waals surface area contributed by atoms with Gasteiger partial charge in [0.25, 0.3) is 0 Å². The summed E-state index contributed by atoms with van der Waals surface area (Å²) < 4.78 is 5.56. The molecule has 7 nitrogen and oxygen atoms in total. The van der Waals surface area contributed by atoms with Crippen LogP contribution in [0, 0.1) is 0 Å². The minimum atomic E-state index is 0.209. The second kappa shape index (κ2) is 12.1. The number of anilines is 2. The molecule has 0 bridgehead atoms. The molecule has 2 N–H and O–H groups in total. The summed E-state index contributed by atoms with van der Waals surface area (Å²) in [6.45, 7) is 7.61. The van der Waals surface area contributed by atoms with Crippen molar-refractivity contribution in [3.63, 3.8) is 0 Å². The van der Waals surface area contributed by atoms with Crippen molar-refractivity contribution in [1.29, 1.82) is 0 Å². The van der Waals surface area contributed by atoms with Crippen LogP contribution in [0.15, 0.2) is 60.8 Å². The molecule has 0 atom stereocenters. The molecule has 2 heterocycles. The van der Waals surface area contributed by atoms with E-state index in [1.807, 2.05) is 49.4 Å². The molecular formula is C27H32ClN5O2. The average molecular weight is 494 g/mol. The van der Waals surface area contributed by atoms with E-state index in [0.717, 1.165) is 67.4 Å². The summed E-state index contributed by atoms with van der Waals surface area (Å²) in [6, 6.07) is 16.2. The van der Waals surface area contributed by atoms with Crippen molar-refractivity contribution >= 4 is 28.8 Å². The highest BCUT2D eigenvalue weighted by Gasteiger charge is 2.17. The summed E-state index contributed by atoms with van der Waals surface area (Å²) in [7, 11) is 1.67. The number of hydrogen-bond acceptors (Lipinski definition) is 7.